The van der Waals surface area contributed by atoms with Crippen molar-refractivity contribution in [1.82, 2.24) is 10.2 Å². The van der Waals surface area contributed by atoms with E-state index in [1.807, 2.05) is 6.07 Å². The van der Waals surface area contributed by atoms with Crippen molar-refractivity contribution < 1.29 is 14.0 Å². The van der Waals surface area contributed by atoms with Gasteiger partial charge in [0.05, 0.1) is 12.8 Å². The zero-order valence-corrected chi connectivity index (χ0v) is 11.7. The normalized spacial score (nSPS) is 28.4. The van der Waals surface area contributed by atoms with Crippen LogP contribution in [-0.2, 0) is 16.1 Å². The summed E-state index contributed by atoms with van der Waals surface area (Å²) in [6, 6.07) is 3.32. The Morgan fingerprint density at radius 2 is 2.30 bits per heavy atom. The number of hydrogen-bond donors (Lipinski definition) is 1. The van der Waals surface area contributed by atoms with Crippen LogP contribution in [0.15, 0.2) is 22.8 Å². The summed E-state index contributed by atoms with van der Waals surface area (Å²) < 4.78 is 5.19. The lowest BCUT2D eigenvalue weighted by molar-refractivity contribution is -0.139. The van der Waals surface area contributed by atoms with Gasteiger partial charge in [0.1, 0.15) is 11.8 Å². The summed E-state index contributed by atoms with van der Waals surface area (Å²) in [5, 5.41) is 2.86. The van der Waals surface area contributed by atoms with Crippen molar-refractivity contribution in [3.05, 3.63) is 24.2 Å². The molecule has 1 N–H and O–H groups in total. The fourth-order valence-electron chi connectivity index (χ4n) is 2.89. The van der Waals surface area contributed by atoms with E-state index in [1.54, 1.807) is 17.2 Å². The highest BCUT2D eigenvalue weighted by Crippen LogP contribution is 2.40. The van der Waals surface area contributed by atoms with Gasteiger partial charge in [-0.2, -0.15) is 0 Å². The van der Waals surface area contributed by atoms with Crippen LogP contribution in [0.3, 0.4) is 0 Å². The first-order valence-corrected chi connectivity index (χ1v) is 7.27. The molecule has 1 aliphatic carbocycles. The summed E-state index contributed by atoms with van der Waals surface area (Å²) in [5.41, 5.74) is 0. The highest BCUT2D eigenvalue weighted by atomic mass is 16.3. The zero-order valence-electron chi connectivity index (χ0n) is 11.7. The molecule has 1 saturated heterocycles. The van der Waals surface area contributed by atoms with Crippen molar-refractivity contribution in [3.63, 3.8) is 0 Å². The molecule has 2 fully saturated rings. The molecular formula is C15H20N2O3. The summed E-state index contributed by atoms with van der Waals surface area (Å²) in [4.78, 5) is 26.3. The number of carbonyl (C=O) groups excluding carboxylic acids is 2. The Morgan fingerprint density at radius 3 is 2.95 bits per heavy atom. The predicted octanol–water partition coefficient (Wildman–Crippen LogP) is 1.54. The monoisotopic (exact) mass is 276 g/mol. The first kappa shape index (κ1) is 13.2. The molecule has 1 aliphatic heterocycles. The Labute approximate surface area is 118 Å². The first-order valence-electron chi connectivity index (χ1n) is 7.27. The number of nitrogens with one attached hydrogen (secondary N) is 1. The van der Waals surface area contributed by atoms with Crippen molar-refractivity contribution in [1.29, 1.82) is 0 Å². The van der Waals surface area contributed by atoms with Crippen LogP contribution in [0.4, 0.5) is 0 Å². The van der Waals surface area contributed by atoms with Crippen LogP contribution in [0.1, 0.15) is 31.9 Å². The van der Waals surface area contributed by atoms with E-state index in [0.717, 1.165) is 25.0 Å². The minimum absolute atomic E-state index is 0.0689. The van der Waals surface area contributed by atoms with Crippen molar-refractivity contribution >= 4 is 11.8 Å². The van der Waals surface area contributed by atoms with Gasteiger partial charge in [-0.25, -0.2) is 0 Å². The molecule has 20 heavy (non-hydrogen) atoms. The molecule has 1 aromatic rings. The average Bonchev–Trinajstić information content (AvgIpc) is 2.93. The maximum Gasteiger partial charge on any atom is 0.243 e. The summed E-state index contributed by atoms with van der Waals surface area (Å²) >= 11 is 0. The molecule has 3 atom stereocenters. The minimum Gasteiger partial charge on any atom is -0.467 e. The maximum absolute atomic E-state index is 12.3. The van der Waals surface area contributed by atoms with Gasteiger partial charge in [-0.1, -0.05) is 6.92 Å². The molecule has 1 aromatic heterocycles. The van der Waals surface area contributed by atoms with E-state index < -0.39 is 0 Å². The molecule has 0 radical (unpaired) electrons. The van der Waals surface area contributed by atoms with Crippen LogP contribution < -0.4 is 5.32 Å². The molecule has 3 rings (SSSR count). The molecule has 2 amide bonds. The second kappa shape index (κ2) is 5.31. The largest absolute Gasteiger partial charge is 0.467 e. The molecule has 3 unspecified atom stereocenters. The molecule has 5 heteroatoms. The van der Waals surface area contributed by atoms with Crippen molar-refractivity contribution in [3.8, 4) is 0 Å². The lowest BCUT2D eigenvalue weighted by Crippen LogP contribution is -2.46. The van der Waals surface area contributed by atoms with Gasteiger partial charge in [-0.3, -0.25) is 9.59 Å². The van der Waals surface area contributed by atoms with Crippen LogP contribution in [0.25, 0.3) is 0 Å². The van der Waals surface area contributed by atoms with Crippen molar-refractivity contribution in [2.75, 3.05) is 6.54 Å². The van der Waals surface area contributed by atoms with E-state index in [4.69, 9.17) is 4.42 Å². The molecule has 0 bridgehead atoms. The van der Waals surface area contributed by atoms with E-state index >= 15 is 0 Å². The molecule has 1 saturated carbocycles. The van der Waals surface area contributed by atoms with Crippen LogP contribution in [0, 0.1) is 11.8 Å². The third kappa shape index (κ3) is 2.57. The summed E-state index contributed by atoms with van der Waals surface area (Å²) in [5.74, 6) is 1.45. The molecule has 0 aromatic carbocycles. The standard InChI is InChI=1S/C15H20N2O3/c1-10-8-12(10)15(19)17-6-2-5-13(17)14(18)16-9-11-4-3-7-20-11/h3-4,7,10,12-13H,2,5-6,8-9H2,1H3,(H,16,18). The minimum atomic E-state index is -0.301. The summed E-state index contributed by atoms with van der Waals surface area (Å²) in [6.45, 7) is 3.18. The number of carbonyl (C=O) groups is 2. The highest BCUT2D eigenvalue weighted by Gasteiger charge is 2.45. The van der Waals surface area contributed by atoms with E-state index in [1.165, 1.54) is 0 Å². The lowest BCUT2D eigenvalue weighted by Gasteiger charge is -2.24. The van der Waals surface area contributed by atoms with Crippen LogP contribution in [0.5, 0.6) is 0 Å². The molecular weight excluding hydrogens is 256 g/mol. The Morgan fingerprint density at radius 1 is 1.50 bits per heavy atom. The van der Waals surface area contributed by atoms with Crippen LogP contribution in [-0.4, -0.2) is 29.3 Å². The van der Waals surface area contributed by atoms with E-state index in [9.17, 15) is 9.59 Å². The smallest absolute Gasteiger partial charge is 0.243 e. The van der Waals surface area contributed by atoms with Gasteiger partial charge in [0.2, 0.25) is 11.8 Å². The zero-order chi connectivity index (χ0) is 14.1. The SMILES string of the molecule is CC1CC1C(=O)N1CCCC1C(=O)NCc1ccco1. The van der Waals surface area contributed by atoms with E-state index in [-0.39, 0.29) is 23.8 Å². The van der Waals surface area contributed by atoms with Gasteiger partial charge in [-0.05, 0) is 37.3 Å². The third-order valence-electron chi connectivity index (χ3n) is 4.28. The Kier molecular flexibility index (Phi) is 3.51. The van der Waals surface area contributed by atoms with Gasteiger partial charge in [-0.15, -0.1) is 0 Å². The highest BCUT2D eigenvalue weighted by molar-refractivity contribution is 5.90. The number of likely N-dealkylation sites (tertiary alicyclic amines) is 1. The topological polar surface area (TPSA) is 62.6 Å². The molecule has 5 nitrogen and oxygen atoms in total. The fourth-order valence-corrected chi connectivity index (χ4v) is 2.89. The molecule has 0 spiro atoms. The van der Waals surface area contributed by atoms with E-state index in [2.05, 4.69) is 12.2 Å². The van der Waals surface area contributed by atoms with E-state index in [0.29, 0.717) is 19.0 Å². The van der Waals surface area contributed by atoms with Gasteiger partial charge >= 0.3 is 0 Å². The van der Waals surface area contributed by atoms with Crippen LogP contribution >= 0.6 is 0 Å². The Hall–Kier alpha value is -1.78. The van der Waals surface area contributed by atoms with Crippen molar-refractivity contribution in [2.45, 2.75) is 38.8 Å². The number of rotatable bonds is 4. The first-order chi connectivity index (χ1) is 9.66. The Bertz CT molecular complexity index is 497. The summed E-state index contributed by atoms with van der Waals surface area (Å²) in [7, 11) is 0. The maximum atomic E-state index is 12.3. The van der Waals surface area contributed by atoms with Crippen molar-refractivity contribution in [2.24, 2.45) is 11.8 Å². The lowest BCUT2D eigenvalue weighted by atomic mass is 10.2. The van der Waals surface area contributed by atoms with Gasteiger partial charge in [0, 0.05) is 12.5 Å². The average molecular weight is 276 g/mol. The fraction of sp³-hybridized carbons (Fsp3) is 0.600. The quantitative estimate of drug-likeness (QED) is 0.907. The Balaban J connectivity index is 1.57. The van der Waals surface area contributed by atoms with Gasteiger partial charge < -0.3 is 14.6 Å². The number of hydrogen-bond acceptors (Lipinski definition) is 3. The van der Waals surface area contributed by atoms with Gasteiger partial charge in [0.25, 0.3) is 0 Å². The number of amides is 2. The molecule has 2 aliphatic rings. The predicted molar refractivity (Wildman–Crippen MR) is 72.6 cm³/mol. The number of furan rings is 1. The van der Waals surface area contributed by atoms with Gasteiger partial charge in [0.15, 0.2) is 0 Å². The third-order valence-corrected chi connectivity index (χ3v) is 4.28. The number of nitrogens with zero attached hydrogens (tertiary/aromatic N) is 1. The second-order valence-corrected chi connectivity index (χ2v) is 5.81. The van der Waals surface area contributed by atoms with Crippen LogP contribution in [0.2, 0.25) is 0 Å². The summed E-state index contributed by atoms with van der Waals surface area (Å²) in [6.07, 6.45) is 4.22. The molecule has 2 heterocycles. The molecule has 108 valence electrons. The second-order valence-electron chi connectivity index (χ2n) is 5.81.